The summed E-state index contributed by atoms with van der Waals surface area (Å²) in [7, 11) is 7.40. The zero-order valence-electron chi connectivity index (χ0n) is 72.4. The van der Waals surface area contributed by atoms with Crippen LogP contribution in [0.3, 0.4) is 0 Å². The third kappa shape index (κ3) is 17.4. The van der Waals surface area contributed by atoms with Crippen molar-refractivity contribution in [2.24, 2.45) is 28.2 Å². The van der Waals surface area contributed by atoms with Gasteiger partial charge in [0.05, 0.1) is 62.4 Å². The number of aryl methyl sites for hydroxylation is 4. The third-order valence-corrected chi connectivity index (χ3v) is 23.9. The minimum Gasteiger partial charge on any atom is -0.343 e. The number of alkyl halides is 5. The Bertz CT molecular complexity index is 8790. The first-order chi connectivity index (χ1) is 66.6. The predicted octanol–water partition coefficient (Wildman–Crippen LogP) is 26.0. The van der Waals surface area contributed by atoms with E-state index < -0.39 is 73.0 Å². The van der Waals surface area contributed by atoms with Crippen LogP contribution in [0.2, 0.25) is 0 Å². The molecular formula is C104H66F16N18. The minimum atomic E-state index is -4.35. The fourth-order valence-electron chi connectivity index (χ4n) is 17.4. The van der Waals surface area contributed by atoms with Crippen LogP contribution in [0.25, 0.3) is 198 Å². The molecule has 138 heavy (non-hydrogen) atoms. The van der Waals surface area contributed by atoms with Gasteiger partial charge in [0, 0.05) is 259 Å². The largest absolute Gasteiger partial charge is 0.406 e. The first-order valence-electron chi connectivity index (χ1n) is 42.1. The van der Waals surface area contributed by atoms with Gasteiger partial charge in [-0.05, 0) is 174 Å². The lowest BCUT2D eigenvalue weighted by molar-refractivity contribution is -0.139. The maximum Gasteiger partial charge on any atom is 0.406 e. The Kier molecular flexibility index (Phi) is 24.1. The molecule has 0 bridgehead atoms. The maximum absolute atomic E-state index is 14.7. The van der Waals surface area contributed by atoms with Crippen molar-refractivity contribution in [3.8, 4) is 66.8 Å². The molecule has 0 radical (unpaired) electrons. The molecule has 0 N–H and O–H groups in total. The van der Waals surface area contributed by atoms with Gasteiger partial charge in [0.25, 0.3) is 6.43 Å². The second kappa shape index (κ2) is 37.0. The van der Waals surface area contributed by atoms with E-state index in [0.29, 0.717) is 88.1 Å². The number of pyridine rings is 12. The Morgan fingerprint density at radius 1 is 0.246 bits per heavy atom. The van der Waals surface area contributed by atoms with Gasteiger partial charge in [0.15, 0.2) is 17.5 Å². The van der Waals surface area contributed by atoms with Gasteiger partial charge in [-0.1, -0.05) is 36.4 Å². The lowest BCUT2D eigenvalue weighted by Crippen LogP contribution is -2.17. The number of hydrogen-bond acceptors (Lipinski definition) is 12. The second-order valence-corrected chi connectivity index (χ2v) is 32.0. The molecule has 0 atom stereocenters. The summed E-state index contributed by atoms with van der Waals surface area (Å²) in [6.07, 6.45) is 20.5. The summed E-state index contributed by atoms with van der Waals surface area (Å²) in [6.45, 7) is -1.49. The number of nitrogens with zero attached hydrogens (tertiary/aromatic N) is 18. The van der Waals surface area contributed by atoms with Gasteiger partial charge in [0.2, 0.25) is 35.7 Å². The van der Waals surface area contributed by atoms with Gasteiger partial charge < -0.3 is 27.4 Å². The first-order valence-corrected chi connectivity index (χ1v) is 42.1. The summed E-state index contributed by atoms with van der Waals surface area (Å²) in [5, 5.41) is 8.52. The Labute approximate surface area is 769 Å². The maximum atomic E-state index is 14.7. The molecule has 0 aliphatic carbocycles. The van der Waals surface area contributed by atoms with Gasteiger partial charge in [-0.25, -0.2) is 60.6 Å². The van der Waals surface area contributed by atoms with Crippen LogP contribution in [0.5, 0.6) is 0 Å². The molecule has 0 saturated carbocycles. The normalized spacial score (nSPS) is 11.6. The van der Waals surface area contributed by atoms with E-state index in [9.17, 15) is 70.2 Å². The Morgan fingerprint density at radius 3 is 1.05 bits per heavy atom. The van der Waals surface area contributed by atoms with E-state index in [4.69, 9.17) is 0 Å². The third-order valence-electron chi connectivity index (χ3n) is 23.9. The summed E-state index contributed by atoms with van der Waals surface area (Å²) in [6, 6.07) is 50.2. The highest BCUT2D eigenvalue weighted by atomic mass is 19.4. The Morgan fingerprint density at radius 2 is 0.594 bits per heavy atom. The van der Waals surface area contributed by atoms with Gasteiger partial charge in [-0.3, -0.25) is 29.9 Å². The second-order valence-electron chi connectivity index (χ2n) is 32.0. The van der Waals surface area contributed by atoms with Crippen molar-refractivity contribution in [1.82, 2.24) is 87.2 Å². The molecule has 0 saturated heterocycles. The van der Waals surface area contributed by atoms with E-state index >= 15 is 0 Å². The van der Waals surface area contributed by atoms with E-state index in [2.05, 4.69) is 59.8 Å². The molecule has 24 aromatic rings. The van der Waals surface area contributed by atoms with Crippen molar-refractivity contribution >= 4 is 131 Å². The highest BCUT2D eigenvalue weighted by molar-refractivity contribution is 6.14. The van der Waals surface area contributed by atoms with Crippen LogP contribution in [0, 0.1) is 64.8 Å². The molecule has 0 fully saturated rings. The molecule has 0 unspecified atom stereocenters. The van der Waals surface area contributed by atoms with Crippen LogP contribution in [0.1, 0.15) is 0 Å². The number of fused-ring (bicyclic) bond motifs is 18. The molecule has 0 aliphatic heterocycles. The SMILES string of the molecule is Cn1c2cc(-c3ccc(F)nc3)ccc2c2cncc(F)c21.Cn1c2ccncc2c2c(F)c(F)c(-c3ccc(F)nc3)cc21.Cn1c2ccncc2c2c(F)cc(-c3ccc(F)nc3)cc21.Cn1c2ccncc2c2cc(F)c(-c3ccc(F)nc3)cc21.Fc1ccc(-c2ccc3c4cnccc4n(CC(F)(F)F)c3c2)cn1.Fc1ccc(-c2ccc3c4cnccc4n(CC(F)F)c3c2)cn1. The van der Waals surface area contributed by atoms with Crippen LogP contribution in [-0.2, 0) is 41.3 Å². The lowest BCUT2D eigenvalue weighted by atomic mass is 10.0. The highest BCUT2D eigenvalue weighted by Crippen LogP contribution is 2.42. The molecule has 6 aromatic carbocycles. The van der Waals surface area contributed by atoms with Gasteiger partial charge in [-0.15, -0.1) is 0 Å². The fourth-order valence-corrected chi connectivity index (χ4v) is 17.4. The summed E-state index contributed by atoms with van der Waals surface area (Å²) in [5.74, 6) is -6.45. The van der Waals surface area contributed by atoms with Crippen LogP contribution in [0.4, 0.5) is 70.2 Å². The molecule has 18 aromatic heterocycles. The number of halogens is 16. The van der Waals surface area contributed by atoms with Crippen molar-refractivity contribution < 1.29 is 70.2 Å². The van der Waals surface area contributed by atoms with E-state index in [-0.39, 0.29) is 28.4 Å². The average molecular weight is 1870 g/mol. The number of aromatic nitrogens is 18. The van der Waals surface area contributed by atoms with Gasteiger partial charge in [0.1, 0.15) is 18.2 Å². The molecule has 18 heterocycles. The number of hydrogen-bond donors (Lipinski definition) is 0. The molecule has 684 valence electrons. The van der Waals surface area contributed by atoms with Crippen LogP contribution >= 0.6 is 0 Å². The van der Waals surface area contributed by atoms with Crippen LogP contribution in [-0.4, -0.2) is 99.8 Å². The topological polar surface area (TPSA) is 184 Å². The summed E-state index contributed by atoms with van der Waals surface area (Å²) >= 11 is 0. The highest BCUT2D eigenvalue weighted by Gasteiger charge is 2.31. The Balaban J connectivity index is 0.000000106. The van der Waals surface area contributed by atoms with Gasteiger partial charge >= 0.3 is 6.18 Å². The first kappa shape index (κ1) is 90.0. The monoisotopic (exact) mass is 1870 g/mol. The molecule has 18 nitrogen and oxygen atoms in total. The molecule has 34 heteroatoms. The summed E-state index contributed by atoms with van der Waals surface area (Å²) in [5.41, 5.74) is 15.8. The van der Waals surface area contributed by atoms with Crippen molar-refractivity contribution in [3.63, 3.8) is 0 Å². The Hall–Kier alpha value is -17.2. The summed E-state index contributed by atoms with van der Waals surface area (Å²) < 4.78 is 226. The zero-order valence-corrected chi connectivity index (χ0v) is 72.4. The lowest BCUT2D eigenvalue weighted by Gasteiger charge is -2.11. The molecule has 0 aliphatic rings. The molecule has 24 rings (SSSR count). The standard InChI is InChI=1S/C18H11F4N3.C18H12F3N3.C17H10F3N3.3C17H11F2N3/c19-17-4-2-12(8-24-17)11-1-3-13-14-9-23-6-5-15(14)25(16(13)7-11)10-18(20,21)22;19-17(20)10-24-15-5-6-22-9-14(15)13-3-1-11(7-16(13)24)12-2-4-18(21)23-8-12;1-23-12-4-5-21-8-11(12)15-13(23)6-10(16(19)17(15)20)9-2-3-14(18)22-7-9;1-22-15-6-10(11-3-5-16(19)21-7-11)2-4-12(15)13-8-20-9-14(18)17(13)22;1-22-15-4-5-20-9-13(15)12-6-14(18)11(7-16(12)22)10-2-3-17(19)21-8-10;1-22-14-4-5-20-9-12(14)17-13(18)6-11(7-15(17)22)10-2-3-16(19)21-8-10/h1-9H,10H2;1-9,17H,10H2;2-8H,1H3;3*2-9H,1H3. The van der Waals surface area contributed by atoms with Crippen LogP contribution in [0.15, 0.2) is 300 Å². The predicted molar refractivity (Wildman–Crippen MR) is 498 cm³/mol. The molecule has 0 spiro atoms. The van der Waals surface area contributed by atoms with E-state index in [1.807, 2.05) is 89.4 Å². The fraction of sp³-hybridized carbons (Fsp3) is 0.0769. The van der Waals surface area contributed by atoms with Gasteiger partial charge in [-0.2, -0.15) is 39.5 Å². The van der Waals surface area contributed by atoms with E-state index in [0.717, 1.165) is 105 Å². The zero-order chi connectivity index (χ0) is 96.2. The summed E-state index contributed by atoms with van der Waals surface area (Å²) in [4.78, 5) is 45.8. The minimum absolute atomic E-state index is 0.0429. The average Bonchev–Trinajstić information content (AvgIpc) is 1.59. The van der Waals surface area contributed by atoms with Crippen molar-refractivity contribution in [2.75, 3.05) is 0 Å². The van der Waals surface area contributed by atoms with Crippen molar-refractivity contribution in [3.05, 3.63) is 364 Å². The van der Waals surface area contributed by atoms with E-state index in [1.54, 1.807) is 145 Å². The van der Waals surface area contributed by atoms with Crippen LogP contribution < -0.4 is 0 Å². The van der Waals surface area contributed by atoms with Crippen molar-refractivity contribution in [1.29, 1.82) is 0 Å². The molecular weight excluding hydrogens is 1810 g/mol. The number of rotatable bonds is 9. The van der Waals surface area contributed by atoms with E-state index in [1.165, 1.54) is 115 Å². The number of benzene rings is 6. The quantitative estimate of drug-likeness (QED) is 0.0985. The smallest absolute Gasteiger partial charge is 0.343 e. The molecule has 0 amide bonds. The van der Waals surface area contributed by atoms with Crippen molar-refractivity contribution in [2.45, 2.75) is 25.7 Å².